The number of fused-ring (bicyclic) bond motifs is 9. The molecule has 0 saturated carbocycles. The fourth-order valence-corrected chi connectivity index (χ4v) is 12.8. The van der Waals surface area contributed by atoms with Gasteiger partial charge in [-0.1, -0.05) is 153 Å². The largest absolute Gasteiger partial charge is 0.486 e. The number of hydrogen-bond acceptors (Lipinski definition) is 12. The molecule has 117 heavy (non-hydrogen) atoms. The molecule has 12 heterocycles. The van der Waals surface area contributed by atoms with Gasteiger partial charge in [0.15, 0.2) is 0 Å². The minimum atomic E-state index is -2.65. The van der Waals surface area contributed by atoms with Crippen LogP contribution >= 0.6 is 0 Å². The number of aryl methyl sites for hydroxylation is 10. The van der Waals surface area contributed by atoms with Crippen LogP contribution in [0.15, 0.2) is 251 Å². The van der Waals surface area contributed by atoms with Crippen molar-refractivity contribution >= 4 is 66.2 Å². The molecule has 1 atom stereocenters. The fraction of sp³-hybridized carbons (Fsp3) is 0.206. The van der Waals surface area contributed by atoms with Crippen LogP contribution in [0.5, 0.6) is 0 Å². The smallest absolute Gasteiger partial charge is 0.216 e. The summed E-state index contributed by atoms with van der Waals surface area (Å²) in [6.07, 6.45) is 5.00. The molecule has 0 spiro atoms. The Bertz CT molecular complexity index is 7030. The van der Waals surface area contributed by atoms with Gasteiger partial charge in [0.2, 0.25) is 17.1 Å². The Balaban J connectivity index is 0.000000175. The van der Waals surface area contributed by atoms with Gasteiger partial charge in [-0.3, -0.25) is 0 Å². The van der Waals surface area contributed by atoms with E-state index in [-0.39, 0.29) is 105 Å². The SMILES string of the molecule is [2H]C([2H])(C)c1cc(-c2[c-]ccc3c2oc2nc(C)ccc23)ncc1C([2H])(C)C([2H])([2H])[2H].[2H]C([2H])(C)c1cnc(-c2[c-]ccc3c2oc2nc(C)ccc23)cc1C([2H])([2H])C.[2H]C([2H])([2H])c1cc(-c2[c-]ccc3c2oc2nc(C)ccc23)ncc1C(CC)CC.[2H]C([2H])([2H])c1ccc(-c2[c-]cccc2)nc1.[2H]C([2H])([2H])c1ccc(-c2[c-]cccc2)nc1.[2H]C([2H])([2H])c1ccc(-c2[c-]cccc2)nc1.[Ir].[Ir].[Ir]. The van der Waals surface area contributed by atoms with Gasteiger partial charge in [-0.25, -0.2) is 15.0 Å². The van der Waals surface area contributed by atoms with Gasteiger partial charge in [0, 0.05) is 161 Å². The van der Waals surface area contributed by atoms with Crippen molar-refractivity contribution in [2.24, 2.45) is 0 Å². The molecule has 12 aromatic heterocycles. The number of benzene rings is 6. The summed E-state index contributed by atoms with van der Waals surface area (Å²) >= 11 is 0. The molecule has 0 bridgehead atoms. The molecule has 0 saturated heterocycles. The summed E-state index contributed by atoms with van der Waals surface area (Å²) in [7, 11) is 0. The number of furan rings is 3. The average Bonchev–Trinajstić information content (AvgIpc) is 1.67. The molecule has 6 aromatic carbocycles. The van der Waals surface area contributed by atoms with Gasteiger partial charge in [0.1, 0.15) is 0 Å². The number of rotatable bonds is 13. The molecule has 18 rings (SSSR count). The van der Waals surface area contributed by atoms with Gasteiger partial charge in [0.05, 0.1) is 16.7 Å². The standard InChI is InChI=1S/C23H23N2O.C22H21N2O.C21H19N2O.3C12H10N.3Ir/c1-5-16(6-2)20-13-24-21(12-14(20)3)19-9-7-8-17-18-11-10-15(4)25-23(18)26-22(17)19;1-5-15-11-20(23-12-19(15)13(2)3)18-8-6-7-16-17-10-9-14(4)24-22(17)25-21(16)18;1-4-14-11-19(22-12-15(14)5-2)18-8-6-7-16-17-10-9-13(3)23-21(17)24-20(16)18;3*1-10-7-8-12(13-9-10)11-5-3-2-4-6-11;;;/h7-8,10-13,16H,5-6H2,1-4H3;6-7,9-13H,5H2,1-4H3;6-7,9-12H,4-5H2,1-3H3;3*2-5,7-9H,1H3;;;/q6*-1;;;/i3D3;2D3,5D2,13D;4D2,5D2;3*1D3;;;. The van der Waals surface area contributed by atoms with Gasteiger partial charge in [0.25, 0.3) is 0 Å². The quantitative estimate of drug-likeness (QED) is 0.101. The summed E-state index contributed by atoms with van der Waals surface area (Å²) in [6.45, 7) is 4.11. The fourth-order valence-electron chi connectivity index (χ4n) is 12.8. The number of nitrogens with zero attached hydrogens (tertiary/aromatic N) is 9. The minimum Gasteiger partial charge on any atom is -0.486 e. The second-order valence-electron chi connectivity index (χ2n) is 26.4. The molecule has 0 amide bonds. The molecule has 15 heteroatoms. The van der Waals surface area contributed by atoms with Crippen LogP contribution in [0.4, 0.5) is 0 Å². The maximum absolute atomic E-state index is 8.44. The molecule has 597 valence electrons. The summed E-state index contributed by atoms with van der Waals surface area (Å²) in [5, 5.41) is 5.29. The first-order valence-corrected chi connectivity index (χ1v) is 36.9. The van der Waals surface area contributed by atoms with Crippen LogP contribution in [0.2, 0.25) is 0 Å². The summed E-state index contributed by atoms with van der Waals surface area (Å²) in [5.41, 5.74) is 16.3. The second-order valence-corrected chi connectivity index (χ2v) is 26.4. The van der Waals surface area contributed by atoms with Crippen LogP contribution in [0.3, 0.4) is 0 Å². The Morgan fingerprint density at radius 1 is 0.359 bits per heavy atom. The van der Waals surface area contributed by atoms with Gasteiger partial charge < -0.3 is 43.2 Å². The molecule has 0 N–H and O–H groups in total. The van der Waals surface area contributed by atoms with Crippen molar-refractivity contribution in [3.63, 3.8) is 0 Å². The maximum atomic E-state index is 8.44. The summed E-state index contributed by atoms with van der Waals surface area (Å²) in [5.74, 6) is -1.85. The second kappa shape index (κ2) is 41.7. The van der Waals surface area contributed by atoms with Crippen LogP contribution in [0.25, 0.3) is 134 Å². The summed E-state index contributed by atoms with van der Waals surface area (Å²) in [4.78, 5) is 39.1. The van der Waals surface area contributed by atoms with Gasteiger partial charge >= 0.3 is 0 Å². The Morgan fingerprint density at radius 2 is 0.726 bits per heavy atom. The molecule has 12 nitrogen and oxygen atoms in total. The summed E-state index contributed by atoms with van der Waals surface area (Å²) < 4.78 is 188. The van der Waals surface area contributed by atoms with E-state index in [0.717, 1.165) is 102 Å². The Kier molecular flexibility index (Phi) is 22.2. The molecule has 0 fully saturated rings. The van der Waals surface area contributed by atoms with Crippen LogP contribution in [0.1, 0.15) is 170 Å². The number of aromatic nitrogens is 9. The van der Waals surface area contributed by atoms with Gasteiger partial charge in [-0.2, -0.15) is 0 Å². The zero-order valence-corrected chi connectivity index (χ0v) is 72.4. The van der Waals surface area contributed by atoms with E-state index in [9.17, 15) is 0 Å². The van der Waals surface area contributed by atoms with E-state index in [4.69, 9.17) is 43.4 Å². The first-order chi connectivity index (χ1) is 63.9. The molecule has 0 aliphatic heterocycles. The van der Waals surface area contributed by atoms with Crippen molar-refractivity contribution in [1.82, 2.24) is 44.9 Å². The predicted molar refractivity (Wildman–Crippen MR) is 465 cm³/mol. The Hall–Kier alpha value is -11.0. The molecule has 0 aliphatic rings. The van der Waals surface area contributed by atoms with Crippen molar-refractivity contribution in [3.8, 4) is 67.5 Å². The number of pyridine rings is 9. The van der Waals surface area contributed by atoms with E-state index in [0.29, 0.717) is 73.2 Å². The van der Waals surface area contributed by atoms with Crippen molar-refractivity contribution in [2.75, 3.05) is 0 Å². The Labute approximate surface area is 759 Å². The van der Waals surface area contributed by atoms with E-state index < -0.39 is 59.3 Å². The monoisotopic (exact) mass is 2090 g/mol. The third kappa shape index (κ3) is 21.2. The van der Waals surface area contributed by atoms with Gasteiger partial charge in [-0.15, -0.1) is 162 Å². The third-order valence-electron chi connectivity index (χ3n) is 18.7. The molecule has 18 aromatic rings. The predicted octanol–water partition coefficient (Wildman–Crippen LogP) is 26.0. The van der Waals surface area contributed by atoms with Crippen LogP contribution in [-0.2, 0) is 79.4 Å². The van der Waals surface area contributed by atoms with Crippen LogP contribution in [0, 0.1) is 84.6 Å². The minimum absolute atomic E-state index is 0. The van der Waals surface area contributed by atoms with E-state index in [2.05, 4.69) is 95.1 Å². The molecular weight excluding hydrogens is 1980 g/mol. The van der Waals surface area contributed by atoms with Crippen molar-refractivity contribution in [3.05, 3.63) is 341 Å². The normalized spacial score (nSPS) is 15.0. The van der Waals surface area contributed by atoms with Crippen molar-refractivity contribution < 1.29 is 104 Å². The maximum Gasteiger partial charge on any atom is 0.216 e. The van der Waals surface area contributed by atoms with E-state index >= 15 is 0 Å². The van der Waals surface area contributed by atoms with Crippen molar-refractivity contribution in [1.29, 1.82) is 0 Å². The topological polar surface area (TPSA) is 155 Å². The molecule has 1 unspecified atom stereocenters. The molecule has 3 radical (unpaired) electrons. The Morgan fingerprint density at radius 3 is 1.06 bits per heavy atom. The zero-order valence-electron chi connectivity index (χ0n) is 87.3. The van der Waals surface area contributed by atoms with Crippen LogP contribution < -0.4 is 0 Å². The first-order valence-electron chi connectivity index (χ1n) is 47.9. The summed E-state index contributed by atoms with van der Waals surface area (Å²) in [6, 6.07) is 78.2. The molecular formula is C102H93Ir3N9O3-6. The van der Waals surface area contributed by atoms with E-state index in [1.165, 1.54) is 64.7 Å². The van der Waals surface area contributed by atoms with E-state index in [1.807, 2.05) is 136 Å². The third-order valence-corrected chi connectivity index (χ3v) is 18.7. The van der Waals surface area contributed by atoms with Crippen molar-refractivity contribution in [2.45, 2.75) is 140 Å². The van der Waals surface area contributed by atoms with Gasteiger partial charge in [-0.05, 0) is 196 Å². The van der Waals surface area contributed by atoms with E-state index in [1.54, 1.807) is 85.1 Å². The van der Waals surface area contributed by atoms with Crippen LogP contribution in [-0.4, -0.2) is 44.9 Å². The first kappa shape index (κ1) is 62.3. The molecule has 0 aliphatic carbocycles. The zero-order chi connectivity index (χ0) is 98.6. The average molecular weight is 2090 g/mol. The number of hydrogen-bond donors (Lipinski definition) is 0.